The summed E-state index contributed by atoms with van der Waals surface area (Å²) in [7, 11) is 0. The molecule has 2 N–H and O–H groups in total. The van der Waals surface area contributed by atoms with Crippen molar-refractivity contribution < 1.29 is 23.8 Å². The molecular formula is C28H31N5O5S. The lowest BCUT2D eigenvalue weighted by atomic mass is 9.81. The molecule has 3 aromatic rings. The van der Waals surface area contributed by atoms with Crippen molar-refractivity contribution in [3.63, 3.8) is 0 Å². The molecule has 3 atom stereocenters. The van der Waals surface area contributed by atoms with Crippen molar-refractivity contribution in [3.8, 4) is 17.1 Å². The summed E-state index contributed by atoms with van der Waals surface area (Å²) in [6.07, 6.45) is 1.96. The largest absolute Gasteiger partial charge is 0.493 e. The first-order valence-electron chi connectivity index (χ1n) is 13.2. The van der Waals surface area contributed by atoms with E-state index in [4.69, 9.17) is 19.2 Å². The van der Waals surface area contributed by atoms with Gasteiger partial charge in [0.15, 0.2) is 5.13 Å². The Balaban J connectivity index is 1.06. The number of hydrogen-bond donors (Lipinski definition) is 2. The molecule has 1 spiro atoms. The van der Waals surface area contributed by atoms with Crippen molar-refractivity contribution in [2.75, 3.05) is 43.1 Å². The van der Waals surface area contributed by atoms with Crippen molar-refractivity contribution in [3.05, 3.63) is 52.9 Å². The number of ether oxygens (including phenoxy) is 3. The van der Waals surface area contributed by atoms with Crippen LogP contribution in [0.5, 0.6) is 5.75 Å². The SMILES string of the molecule is C[C@@H]1CN(c2cccc(-c3csc(NC(=O)CNC(=O)c4ccc5c(c4)C4(CCO5)CCO4)n3)n2)C[C@H](C)O1. The van der Waals surface area contributed by atoms with E-state index in [0.29, 0.717) is 29.6 Å². The molecule has 6 rings (SSSR count). The molecule has 204 valence electrons. The molecule has 0 bridgehead atoms. The van der Waals surface area contributed by atoms with Crippen molar-refractivity contribution in [2.24, 2.45) is 0 Å². The Hall–Kier alpha value is -3.54. The molecule has 2 fully saturated rings. The zero-order valence-electron chi connectivity index (χ0n) is 21.9. The predicted molar refractivity (Wildman–Crippen MR) is 147 cm³/mol. The number of fused-ring (bicyclic) bond motifs is 2. The average molecular weight is 550 g/mol. The maximum absolute atomic E-state index is 12.8. The van der Waals surface area contributed by atoms with E-state index in [0.717, 1.165) is 48.8 Å². The van der Waals surface area contributed by atoms with Crippen molar-refractivity contribution in [1.29, 1.82) is 0 Å². The number of carbonyl (C=O) groups excluding carboxylic acids is 2. The first kappa shape index (κ1) is 25.7. The maximum atomic E-state index is 12.8. The van der Waals surface area contributed by atoms with E-state index in [-0.39, 0.29) is 36.2 Å². The second-order valence-corrected chi connectivity index (χ2v) is 11.1. The molecule has 3 aliphatic heterocycles. The highest BCUT2D eigenvalue weighted by Crippen LogP contribution is 2.47. The zero-order valence-corrected chi connectivity index (χ0v) is 22.8. The van der Waals surface area contributed by atoms with E-state index in [2.05, 4.69) is 34.4 Å². The standard InChI is InChI=1S/C28H31N5O5S/c1-17-14-33(15-18(2)38-17)24-5-3-4-21(30-24)22-16-39-27(31-22)32-25(34)13-29-26(35)19-6-7-23-20(12-19)28(8-10-36-23)9-11-37-28/h3-7,12,16-18H,8-11,13-15H2,1-2H3,(H,29,35)(H,31,32,34)/t17-,18+,28?. The summed E-state index contributed by atoms with van der Waals surface area (Å²) >= 11 is 1.31. The number of anilines is 2. The fraction of sp³-hybridized carbons (Fsp3) is 0.429. The fourth-order valence-corrected chi connectivity index (χ4v) is 6.07. The number of thiazole rings is 1. The highest BCUT2D eigenvalue weighted by atomic mass is 32.1. The van der Waals surface area contributed by atoms with E-state index in [1.807, 2.05) is 29.6 Å². The quantitative estimate of drug-likeness (QED) is 0.480. The molecule has 2 saturated heterocycles. The molecule has 1 unspecified atom stereocenters. The second-order valence-electron chi connectivity index (χ2n) is 10.2. The van der Waals surface area contributed by atoms with Crippen LogP contribution in [-0.2, 0) is 19.9 Å². The van der Waals surface area contributed by atoms with Crippen LogP contribution in [0.25, 0.3) is 11.4 Å². The van der Waals surface area contributed by atoms with Gasteiger partial charge in [-0.15, -0.1) is 11.3 Å². The van der Waals surface area contributed by atoms with Crippen LogP contribution in [0.15, 0.2) is 41.8 Å². The molecule has 0 radical (unpaired) electrons. The Bertz CT molecular complexity index is 1380. The van der Waals surface area contributed by atoms with E-state index in [9.17, 15) is 9.59 Å². The van der Waals surface area contributed by atoms with Gasteiger partial charge in [-0.1, -0.05) is 6.07 Å². The summed E-state index contributed by atoms with van der Waals surface area (Å²) in [6, 6.07) is 11.2. The first-order valence-corrected chi connectivity index (χ1v) is 14.1. The Morgan fingerprint density at radius 3 is 2.67 bits per heavy atom. The molecule has 0 saturated carbocycles. The highest BCUT2D eigenvalue weighted by molar-refractivity contribution is 7.14. The fourth-order valence-electron chi connectivity index (χ4n) is 5.35. The number of benzene rings is 1. The van der Waals surface area contributed by atoms with Gasteiger partial charge in [0.2, 0.25) is 5.91 Å². The summed E-state index contributed by atoms with van der Waals surface area (Å²) in [6.45, 7) is 6.81. The first-order chi connectivity index (χ1) is 18.9. The topological polar surface area (TPSA) is 115 Å². The Morgan fingerprint density at radius 1 is 1.08 bits per heavy atom. The third kappa shape index (κ3) is 5.34. The number of hydrogen-bond acceptors (Lipinski definition) is 9. The number of rotatable bonds is 6. The summed E-state index contributed by atoms with van der Waals surface area (Å²) in [5, 5.41) is 7.77. The number of aromatic nitrogens is 2. The van der Waals surface area contributed by atoms with Gasteiger partial charge < -0.3 is 29.7 Å². The van der Waals surface area contributed by atoms with E-state index in [1.54, 1.807) is 12.1 Å². The van der Waals surface area contributed by atoms with Crippen molar-refractivity contribution >= 4 is 34.1 Å². The smallest absolute Gasteiger partial charge is 0.251 e. The summed E-state index contributed by atoms with van der Waals surface area (Å²) < 4.78 is 17.4. The molecular weight excluding hydrogens is 518 g/mol. The molecule has 2 aromatic heterocycles. The molecule has 10 nitrogen and oxygen atoms in total. The number of morpholine rings is 1. The van der Waals surface area contributed by atoms with Gasteiger partial charge in [-0.2, -0.15) is 0 Å². The maximum Gasteiger partial charge on any atom is 0.251 e. The van der Waals surface area contributed by atoms with Crippen LogP contribution in [0.2, 0.25) is 0 Å². The van der Waals surface area contributed by atoms with Crippen LogP contribution in [0.4, 0.5) is 10.9 Å². The van der Waals surface area contributed by atoms with Gasteiger partial charge in [-0.05, 0) is 44.2 Å². The highest BCUT2D eigenvalue weighted by Gasteiger charge is 2.44. The average Bonchev–Trinajstić information content (AvgIpc) is 3.38. The minimum absolute atomic E-state index is 0.135. The third-order valence-electron chi connectivity index (χ3n) is 7.28. The minimum Gasteiger partial charge on any atom is -0.493 e. The van der Waals surface area contributed by atoms with Crippen LogP contribution in [0.3, 0.4) is 0 Å². The van der Waals surface area contributed by atoms with Crippen LogP contribution in [0.1, 0.15) is 42.6 Å². The van der Waals surface area contributed by atoms with E-state index < -0.39 is 0 Å². The Morgan fingerprint density at radius 2 is 1.90 bits per heavy atom. The van der Waals surface area contributed by atoms with E-state index in [1.165, 1.54) is 11.3 Å². The van der Waals surface area contributed by atoms with Gasteiger partial charge in [-0.3, -0.25) is 9.59 Å². The van der Waals surface area contributed by atoms with Gasteiger partial charge in [0.25, 0.3) is 5.91 Å². The molecule has 39 heavy (non-hydrogen) atoms. The van der Waals surface area contributed by atoms with Crippen LogP contribution in [0, 0.1) is 0 Å². The molecule has 3 aliphatic rings. The molecule has 1 aromatic carbocycles. The Kier molecular flexibility index (Phi) is 6.96. The predicted octanol–water partition coefficient (Wildman–Crippen LogP) is 3.59. The monoisotopic (exact) mass is 549 g/mol. The van der Waals surface area contributed by atoms with Gasteiger partial charge in [0, 0.05) is 42.4 Å². The lowest BCUT2D eigenvalue weighted by molar-refractivity contribution is -0.170. The Labute approximate surface area is 230 Å². The van der Waals surface area contributed by atoms with Gasteiger partial charge in [0.1, 0.15) is 22.9 Å². The molecule has 0 aliphatic carbocycles. The van der Waals surface area contributed by atoms with Crippen LogP contribution in [-0.4, -0.2) is 66.8 Å². The van der Waals surface area contributed by atoms with Gasteiger partial charge in [0.05, 0.1) is 37.7 Å². The molecule has 11 heteroatoms. The number of amides is 2. The summed E-state index contributed by atoms with van der Waals surface area (Å²) in [5.74, 6) is 0.936. The third-order valence-corrected chi connectivity index (χ3v) is 8.04. The van der Waals surface area contributed by atoms with Crippen LogP contribution < -0.4 is 20.3 Å². The lowest BCUT2D eigenvalue weighted by Crippen LogP contribution is -2.45. The van der Waals surface area contributed by atoms with Crippen molar-refractivity contribution in [2.45, 2.75) is 44.5 Å². The zero-order chi connectivity index (χ0) is 27.0. The molecule has 2 amide bonds. The summed E-state index contributed by atoms with van der Waals surface area (Å²) in [4.78, 5) is 36.9. The molecule has 5 heterocycles. The number of nitrogens with one attached hydrogen (secondary N) is 2. The van der Waals surface area contributed by atoms with Crippen molar-refractivity contribution in [1.82, 2.24) is 15.3 Å². The second kappa shape index (κ2) is 10.6. The van der Waals surface area contributed by atoms with Gasteiger partial charge >= 0.3 is 0 Å². The number of pyridine rings is 1. The van der Waals surface area contributed by atoms with Gasteiger partial charge in [-0.25, -0.2) is 9.97 Å². The number of carbonyl (C=O) groups is 2. The minimum atomic E-state index is -0.359. The van der Waals surface area contributed by atoms with Crippen LogP contribution >= 0.6 is 11.3 Å². The van der Waals surface area contributed by atoms with E-state index >= 15 is 0 Å². The summed E-state index contributed by atoms with van der Waals surface area (Å²) in [5.41, 5.74) is 2.43. The number of nitrogens with zero attached hydrogens (tertiary/aromatic N) is 3. The normalized spacial score (nSPS) is 23.9. The lowest BCUT2D eigenvalue weighted by Gasteiger charge is -2.45.